The van der Waals surface area contributed by atoms with Gasteiger partial charge < -0.3 is 10.1 Å². The molecule has 3 aromatic carbocycles. The Balaban J connectivity index is 1.79. The van der Waals surface area contributed by atoms with Crippen LogP contribution in [-0.4, -0.2) is 15.8 Å². The van der Waals surface area contributed by atoms with Crippen molar-refractivity contribution in [3.05, 3.63) is 102 Å². The number of carbonyl (C=O) groups excluding carboxylic acids is 1. The van der Waals surface area contributed by atoms with Gasteiger partial charge in [-0.1, -0.05) is 35.3 Å². The number of hydrogen-bond acceptors (Lipinski definition) is 7. The number of amides is 1. The van der Waals surface area contributed by atoms with E-state index in [0.717, 1.165) is 18.2 Å². The van der Waals surface area contributed by atoms with Gasteiger partial charge in [0.15, 0.2) is 0 Å². The molecule has 0 aromatic heterocycles. The Morgan fingerprint density at radius 2 is 1.71 bits per heavy atom. The Hall–Kier alpha value is -4.46. The smallest absolute Gasteiger partial charge is 0.318 e. The minimum atomic E-state index is -0.788. The number of nitro benzene ring substituents is 2. The summed E-state index contributed by atoms with van der Waals surface area (Å²) in [6.45, 7) is 0. The normalized spacial score (nSPS) is 10.8. The monoisotopic (exact) mass is 498 g/mol. The van der Waals surface area contributed by atoms with Gasteiger partial charge in [-0.2, -0.15) is 5.26 Å². The average Bonchev–Trinajstić information content (AvgIpc) is 2.80. The van der Waals surface area contributed by atoms with Gasteiger partial charge in [0.25, 0.3) is 11.6 Å². The van der Waals surface area contributed by atoms with E-state index in [2.05, 4.69) is 5.32 Å². The molecule has 0 fully saturated rings. The predicted octanol–water partition coefficient (Wildman–Crippen LogP) is 6.15. The summed E-state index contributed by atoms with van der Waals surface area (Å²) in [4.78, 5) is 33.0. The second-order valence-corrected chi connectivity index (χ2v) is 7.43. The van der Waals surface area contributed by atoms with E-state index >= 15 is 0 Å². The number of nitrogens with zero attached hydrogens (tertiary/aromatic N) is 3. The molecule has 1 N–H and O–H groups in total. The van der Waals surface area contributed by atoms with Gasteiger partial charge in [-0.25, -0.2) is 0 Å². The third-order valence-corrected chi connectivity index (χ3v) is 4.88. The molecular formula is C22H12Cl2N4O6. The van der Waals surface area contributed by atoms with E-state index in [9.17, 15) is 30.3 Å². The predicted molar refractivity (Wildman–Crippen MR) is 125 cm³/mol. The number of nitro groups is 2. The Kier molecular flexibility index (Phi) is 7.43. The Bertz CT molecular complexity index is 1370. The highest BCUT2D eigenvalue weighted by Gasteiger charge is 2.21. The lowest BCUT2D eigenvalue weighted by atomic mass is 10.1. The highest BCUT2D eigenvalue weighted by molar-refractivity contribution is 6.36. The van der Waals surface area contributed by atoms with Gasteiger partial charge in [0.05, 0.1) is 26.6 Å². The molecule has 0 bridgehead atoms. The molecular weight excluding hydrogens is 487 g/mol. The minimum Gasteiger partial charge on any atom is -0.450 e. The Morgan fingerprint density at radius 3 is 2.32 bits per heavy atom. The molecule has 12 heteroatoms. The van der Waals surface area contributed by atoms with Crippen LogP contribution in [0.15, 0.2) is 66.2 Å². The first kappa shape index (κ1) is 24.2. The molecule has 3 aromatic rings. The fourth-order valence-electron chi connectivity index (χ4n) is 2.71. The van der Waals surface area contributed by atoms with Gasteiger partial charge in [-0.05, 0) is 48.0 Å². The van der Waals surface area contributed by atoms with E-state index in [1.54, 1.807) is 12.1 Å². The number of ether oxygens (including phenoxy) is 1. The van der Waals surface area contributed by atoms with Gasteiger partial charge in [-0.3, -0.25) is 25.0 Å². The number of nitriles is 1. The quantitative estimate of drug-likeness (QED) is 0.177. The van der Waals surface area contributed by atoms with Crippen LogP contribution in [0.2, 0.25) is 10.0 Å². The first-order chi connectivity index (χ1) is 16.2. The molecule has 0 heterocycles. The zero-order chi connectivity index (χ0) is 24.8. The summed E-state index contributed by atoms with van der Waals surface area (Å²) < 4.78 is 5.49. The van der Waals surface area contributed by atoms with Crippen LogP contribution in [0.1, 0.15) is 5.56 Å². The molecule has 1 amide bonds. The summed E-state index contributed by atoms with van der Waals surface area (Å²) in [5.41, 5.74) is -0.513. The number of non-ortho nitro benzene ring substituents is 1. The number of carbonyl (C=O) groups is 1. The van der Waals surface area contributed by atoms with Crippen molar-refractivity contribution in [2.75, 3.05) is 5.32 Å². The standard InChI is InChI=1S/C22H12Cl2N4O6/c23-15-3-7-18(24)19(10-15)26-22(29)14(12-25)9-13-1-5-17(6-2-13)34-21-8-4-16(27(30)31)11-20(21)28(32)33/h1-11H,(H,26,29)/b14-9+. The first-order valence-corrected chi connectivity index (χ1v) is 10.0. The number of nitrogens with one attached hydrogen (secondary N) is 1. The zero-order valence-corrected chi connectivity index (χ0v) is 18.4. The van der Waals surface area contributed by atoms with Crippen LogP contribution in [0.3, 0.4) is 0 Å². The summed E-state index contributed by atoms with van der Waals surface area (Å²) >= 11 is 11.9. The van der Waals surface area contributed by atoms with Crippen molar-refractivity contribution >= 4 is 52.2 Å². The van der Waals surface area contributed by atoms with Crippen molar-refractivity contribution in [3.8, 4) is 17.6 Å². The highest BCUT2D eigenvalue weighted by atomic mass is 35.5. The maximum Gasteiger partial charge on any atom is 0.318 e. The molecule has 0 atom stereocenters. The molecule has 0 spiro atoms. The van der Waals surface area contributed by atoms with Gasteiger partial charge in [0.2, 0.25) is 5.75 Å². The molecule has 170 valence electrons. The maximum absolute atomic E-state index is 12.5. The summed E-state index contributed by atoms with van der Waals surface area (Å²) in [6.07, 6.45) is 1.33. The van der Waals surface area contributed by atoms with Crippen molar-refractivity contribution in [1.82, 2.24) is 0 Å². The Morgan fingerprint density at radius 1 is 1.00 bits per heavy atom. The second-order valence-electron chi connectivity index (χ2n) is 6.59. The van der Waals surface area contributed by atoms with Crippen molar-refractivity contribution in [3.63, 3.8) is 0 Å². The maximum atomic E-state index is 12.5. The van der Waals surface area contributed by atoms with Crippen molar-refractivity contribution in [1.29, 1.82) is 5.26 Å². The van der Waals surface area contributed by atoms with Crippen LogP contribution in [0.4, 0.5) is 17.1 Å². The van der Waals surface area contributed by atoms with E-state index in [1.807, 2.05) is 0 Å². The molecule has 0 saturated heterocycles. The summed E-state index contributed by atoms with van der Waals surface area (Å²) in [5, 5.41) is 34.6. The van der Waals surface area contributed by atoms with Gasteiger partial charge in [0, 0.05) is 11.1 Å². The summed E-state index contributed by atoms with van der Waals surface area (Å²) in [6, 6.07) is 15.3. The van der Waals surface area contributed by atoms with E-state index in [4.69, 9.17) is 27.9 Å². The Labute approximate surface area is 201 Å². The minimum absolute atomic E-state index is 0.186. The number of benzene rings is 3. The lowest BCUT2D eigenvalue weighted by Gasteiger charge is -2.08. The first-order valence-electron chi connectivity index (χ1n) is 9.27. The van der Waals surface area contributed by atoms with Crippen molar-refractivity contribution in [2.24, 2.45) is 0 Å². The van der Waals surface area contributed by atoms with Gasteiger partial charge in [0.1, 0.15) is 17.4 Å². The summed E-state index contributed by atoms with van der Waals surface area (Å²) in [5.74, 6) is -0.689. The third-order valence-electron chi connectivity index (χ3n) is 4.31. The third kappa shape index (κ3) is 5.86. The molecule has 0 radical (unpaired) electrons. The molecule has 0 aliphatic heterocycles. The molecule has 34 heavy (non-hydrogen) atoms. The van der Waals surface area contributed by atoms with E-state index in [-0.39, 0.29) is 27.8 Å². The topological polar surface area (TPSA) is 148 Å². The fourth-order valence-corrected chi connectivity index (χ4v) is 3.04. The van der Waals surface area contributed by atoms with E-state index in [1.165, 1.54) is 42.5 Å². The number of hydrogen-bond donors (Lipinski definition) is 1. The summed E-state index contributed by atoms with van der Waals surface area (Å²) in [7, 11) is 0. The van der Waals surface area contributed by atoms with Crippen LogP contribution >= 0.6 is 23.2 Å². The van der Waals surface area contributed by atoms with E-state index in [0.29, 0.717) is 10.6 Å². The van der Waals surface area contributed by atoms with Crippen LogP contribution in [0.25, 0.3) is 6.08 Å². The number of halogens is 2. The molecule has 0 aliphatic carbocycles. The SMILES string of the molecule is N#C/C(=C\c1ccc(Oc2ccc([N+](=O)[O-])cc2[N+](=O)[O-])cc1)C(=O)Nc1cc(Cl)ccc1Cl. The lowest BCUT2D eigenvalue weighted by Crippen LogP contribution is -2.13. The molecule has 0 saturated carbocycles. The molecule has 0 aliphatic rings. The number of anilines is 1. The van der Waals surface area contributed by atoms with Crippen LogP contribution in [-0.2, 0) is 4.79 Å². The van der Waals surface area contributed by atoms with Gasteiger partial charge >= 0.3 is 5.69 Å². The fraction of sp³-hybridized carbons (Fsp3) is 0. The number of rotatable bonds is 7. The van der Waals surface area contributed by atoms with E-state index < -0.39 is 27.1 Å². The van der Waals surface area contributed by atoms with Crippen molar-refractivity contribution < 1.29 is 19.4 Å². The zero-order valence-electron chi connectivity index (χ0n) is 16.9. The van der Waals surface area contributed by atoms with Gasteiger partial charge in [-0.15, -0.1) is 0 Å². The van der Waals surface area contributed by atoms with Crippen LogP contribution < -0.4 is 10.1 Å². The lowest BCUT2D eigenvalue weighted by molar-refractivity contribution is -0.394. The second kappa shape index (κ2) is 10.4. The molecule has 10 nitrogen and oxygen atoms in total. The highest BCUT2D eigenvalue weighted by Crippen LogP contribution is 2.34. The molecule has 0 unspecified atom stereocenters. The molecule has 3 rings (SSSR count). The van der Waals surface area contributed by atoms with Crippen molar-refractivity contribution in [2.45, 2.75) is 0 Å². The van der Waals surface area contributed by atoms with Crippen LogP contribution in [0, 0.1) is 31.6 Å². The largest absolute Gasteiger partial charge is 0.450 e. The average molecular weight is 499 g/mol. The van der Waals surface area contributed by atoms with Crippen LogP contribution in [0.5, 0.6) is 11.5 Å².